The molecule has 0 atom stereocenters. The fourth-order valence-corrected chi connectivity index (χ4v) is 10.2. The van der Waals surface area contributed by atoms with Gasteiger partial charge in [0, 0.05) is 32.9 Å². The molecule has 0 saturated heterocycles. The molecule has 7 heteroatoms. The van der Waals surface area contributed by atoms with E-state index in [1.807, 2.05) is 6.92 Å². The van der Waals surface area contributed by atoms with Crippen LogP contribution >= 0.6 is 0 Å². The third-order valence-corrected chi connectivity index (χ3v) is 12.9. The Bertz CT molecular complexity index is 4140. The van der Waals surface area contributed by atoms with Gasteiger partial charge in [0.05, 0.1) is 60.9 Å². The van der Waals surface area contributed by atoms with Gasteiger partial charge in [-0.1, -0.05) is 109 Å². The van der Waals surface area contributed by atoms with Gasteiger partial charge in [0.2, 0.25) is 11.6 Å². The zero-order chi connectivity index (χ0) is 43.9. The molecule has 9 aromatic carbocycles. The normalized spacial score (nSPS) is 11.8. The number of nitrogens with zero attached hydrogens (tertiary/aromatic N) is 7. The molecule has 14 rings (SSSR count). The Kier molecular flexibility index (Phi) is 8.45. The molecular weight excluding hydrogens is 807 g/mol. The van der Waals surface area contributed by atoms with Crippen molar-refractivity contribution in [2.45, 2.75) is 6.92 Å². The first-order chi connectivity index (χ1) is 32.7. The standard InChI is InChI=1S/C56H35N7.C3H6/c1-2-14-38(15-3-1)59-47-20-8-4-16-41(47)43-34-36(26-32-49(43)59)37-27-33-50-44(35-37)42-17-5-9-21-48(42)60(50)39-28-30-40(31-29-39)61-55-57-45-18-6-10-22-51(45)62(55)53-24-12-13-25-54(53)63-52-23-11-7-19-46(52)58-56(61)63;1-3-2/h1-35H;3H,1H2,2H3. The number of hydrogen-bond acceptors (Lipinski definition) is 2. The average molecular weight is 848 g/mol. The fourth-order valence-electron chi connectivity index (χ4n) is 10.2. The summed E-state index contributed by atoms with van der Waals surface area (Å²) >= 11 is 0. The second kappa shape index (κ2) is 14.8. The molecule has 0 saturated carbocycles. The maximum Gasteiger partial charge on any atom is 0.223 e. The lowest BCUT2D eigenvalue weighted by atomic mass is 10.0. The smallest absolute Gasteiger partial charge is 0.223 e. The number of fused-ring (bicyclic) bond motifs is 15. The first-order valence-corrected chi connectivity index (χ1v) is 22.3. The van der Waals surface area contributed by atoms with Gasteiger partial charge in [0.15, 0.2) is 0 Å². The Morgan fingerprint density at radius 3 is 1.15 bits per heavy atom. The third kappa shape index (κ3) is 5.56. The molecule has 7 nitrogen and oxygen atoms in total. The van der Waals surface area contributed by atoms with Crippen molar-refractivity contribution in [3.63, 3.8) is 0 Å². The van der Waals surface area contributed by atoms with E-state index in [-0.39, 0.29) is 0 Å². The van der Waals surface area contributed by atoms with Crippen molar-refractivity contribution in [1.82, 2.24) is 32.5 Å². The molecule has 0 aliphatic rings. The molecule has 0 N–H and O–H groups in total. The summed E-state index contributed by atoms with van der Waals surface area (Å²) in [6, 6.07) is 76.0. The maximum absolute atomic E-state index is 5.30. The van der Waals surface area contributed by atoms with Crippen LogP contribution in [-0.4, -0.2) is 32.5 Å². The highest BCUT2D eigenvalue weighted by Crippen LogP contribution is 2.39. The Morgan fingerprint density at radius 1 is 0.333 bits per heavy atom. The molecule has 0 aliphatic carbocycles. The number of para-hydroxylation sites is 9. The average Bonchev–Trinajstić information content (AvgIpc) is 4.11. The second-order valence-corrected chi connectivity index (χ2v) is 16.7. The van der Waals surface area contributed by atoms with E-state index >= 15 is 0 Å². The summed E-state index contributed by atoms with van der Waals surface area (Å²) in [6.45, 7) is 5.25. The summed E-state index contributed by atoms with van der Waals surface area (Å²) in [5, 5.41) is 4.92. The molecule has 0 fully saturated rings. The Labute approximate surface area is 379 Å². The molecular formula is C59H41N7. The Balaban J connectivity index is 0.00000141. The van der Waals surface area contributed by atoms with E-state index in [1.54, 1.807) is 6.08 Å². The molecule has 312 valence electrons. The van der Waals surface area contributed by atoms with Crippen LogP contribution < -0.4 is 0 Å². The maximum atomic E-state index is 5.30. The van der Waals surface area contributed by atoms with E-state index < -0.39 is 0 Å². The topological polar surface area (TPSA) is 49.4 Å². The van der Waals surface area contributed by atoms with Crippen LogP contribution in [-0.2, 0) is 0 Å². The first-order valence-electron chi connectivity index (χ1n) is 22.3. The Morgan fingerprint density at radius 2 is 0.682 bits per heavy atom. The molecule has 0 aliphatic heterocycles. The minimum Gasteiger partial charge on any atom is -0.309 e. The van der Waals surface area contributed by atoms with Crippen molar-refractivity contribution in [3.8, 4) is 28.2 Å². The van der Waals surface area contributed by atoms with Crippen LogP contribution in [0.25, 0.3) is 116 Å². The lowest BCUT2D eigenvalue weighted by molar-refractivity contribution is 1.02. The molecule has 0 radical (unpaired) electrons. The lowest BCUT2D eigenvalue weighted by Crippen LogP contribution is -2.02. The Hall–Kier alpha value is -8.94. The number of rotatable bonds is 4. The van der Waals surface area contributed by atoms with Gasteiger partial charge >= 0.3 is 0 Å². The number of aromatic nitrogens is 7. The van der Waals surface area contributed by atoms with E-state index in [9.17, 15) is 0 Å². The van der Waals surface area contributed by atoms with Crippen LogP contribution in [0.5, 0.6) is 0 Å². The van der Waals surface area contributed by atoms with Crippen LogP contribution in [0.4, 0.5) is 0 Å². The third-order valence-electron chi connectivity index (χ3n) is 12.9. The summed E-state index contributed by atoms with van der Waals surface area (Å²) in [5.74, 6) is 1.58. The highest BCUT2D eigenvalue weighted by Gasteiger charge is 2.20. The van der Waals surface area contributed by atoms with Crippen molar-refractivity contribution in [3.05, 3.63) is 225 Å². The van der Waals surface area contributed by atoms with Gasteiger partial charge in [-0.3, -0.25) is 8.80 Å². The molecule has 0 bridgehead atoms. The van der Waals surface area contributed by atoms with Crippen LogP contribution in [0.3, 0.4) is 0 Å². The van der Waals surface area contributed by atoms with Gasteiger partial charge in [-0.2, -0.15) is 0 Å². The van der Waals surface area contributed by atoms with E-state index in [1.165, 1.54) is 43.7 Å². The highest BCUT2D eigenvalue weighted by molar-refractivity contribution is 6.12. The van der Waals surface area contributed by atoms with Crippen molar-refractivity contribution >= 4 is 88.3 Å². The van der Waals surface area contributed by atoms with Crippen LogP contribution in [0, 0.1) is 0 Å². The first kappa shape index (κ1) is 37.6. The van der Waals surface area contributed by atoms with Gasteiger partial charge in [0.1, 0.15) is 0 Å². The quantitative estimate of drug-likeness (QED) is 0.166. The minimum atomic E-state index is 0.790. The van der Waals surface area contributed by atoms with Crippen molar-refractivity contribution in [2.24, 2.45) is 0 Å². The molecule has 0 unspecified atom stereocenters. The summed E-state index contributed by atoms with van der Waals surface area (Å²) in [7, 11) is 0. The highest BCUT2D eigenvalue weighted by atomic mass is 15.3. The summed E-state index contributed by atoms with van der Waals surface area (Å²) < 4.78 is 11.5. The predicted molar refractivity (Wildman–Crippen MR) is 275 cm³/mol. The molecule has 0 amide bonds. The van der Waals surface area contributed by atoms with Crippen molar-refractivity contribution in [2.75, 3.05) is 0 Å². The van der Waals surface area contributed by atoms with E-state index in [0.29, 0.717) is 0 Å². The number of imidazole rings is 2. The van der Waals surface area contributed by atoms with Crippen LogP contribution in [0.1, 0.15) is 6.92 Å². The fraction of sp³-hybridized carbons (Fsp3) is 0.0169. The minimum absolute atomic E-state index is 0.790. The SMILES string of the molecule is C=CC.c1ccc(-n2c3ccccc3c3cc(-c4ccc5c(c4)c4ccccc4n5-c4ccc(-n5c6nc7ccccc7n6c6ccccc6n6c7ccccc7nc56)cc4)ccc32)cc1. The predicted octanol–water partition coefficient (Wildman–Crippen LogP) is 14.8. The molecule has 5 aromatic heterocycles. The largest absolute Gasteiger partial charge is 0.309 e. The van der Waals surface area contributed by atoms with Crippen molar-refractivity contribution < 1.29 is 0 Å². The molecule has 14 aromatic rings. The molecule has 66 heavy (non-hydrogen) atoms. The monoisotopic (exact) mass is 847 g/mol. The van der Waals surface area contributed by atoms with Gasteiger partial charge < -0.3 is 9.13 Å². The molecule has 5 heterocycles. The zero-order valence-electron chi connectivity index (χ0n) is 36.1. The van der Waals surface area contributed by atoms with E-state index in [0.717, 1.165) is 72.8 Å². The second-order valence-electron chi connectivity index (χ2n) is 16.7. The number of hydrogen-bond donors (Lipinski definition) is 0. The summed E-state index contributed by atoms with van der Waals surface area (Å²) in [5.41, 5.74) is 16.3. The van der Waals surface area contributed by atoms with Gasteiger partial charge in [-0.15, -0.1) is 6.58 Å². The lowest BCUT2D eigenvalue weighted by Gasteiger charge is -2.11. The van der Waals surface area contributed by atoms with E-state index in [2.05, 4.69) is 241 Å². The van der Waals surface area contributed by atoms with Gasteiger partial charge in [-0.25, -0.2) is 14.5 Å². The van der Waals surface area contributed by atoms with Gasteiger partial charge in [0.25, 0.3) is 0 Å². The summed E-state index contributed by atoms with van der Waals surface area (Å²) in [6.07, 6.45) is 1.75. The van der Waals surface area contributed by atoms with Crippen LogP contribution in [0.15, 0.2) is 225 Å². The number of benzene rings is 9. The van der Waals surface area contributed by atoms with E-state index in [4.69, 9.17) is 9.97 Å². The zero-order valence-corrected chi connectivity index (χ0v) is 36.1. The van der Waals surface area contributed by atoms with Crippen LogP contribution in [0.2, 0.25) is 0 Å². The summed E-state index contributed by atoms with van der Waals surface area (Å²) in [4.78, 5) is 10.6. The number of allylic oxidation sites excluding steroid dienone is 1. The molecule has 0 spiro atoms. The van der Waals surface area contributed by atoms with Crippen molar-refractivity contribution in [1.29, 1.82) is 0 Å². The van der Waals surface area contributed by atoms with Gasteiger partial charge in [-0.05, 0) is 127 Å².